The minimum Gasteiger partial charge on any atom is -0.496 e. The Bertz CT molecular complexity index is 710. The molecule has 0 spiro atoms. The molecule has 188 valence electrons. The second kappa shape index (κ2) is 14.7. The van der Waals surface area contributed by atoms with Gasteiger partial charge in [0, 0.05) is 50.5 Å². The van der Waals surface area contributed by atoms with Crippen LogP contribution in [0.4, 0.5) is 0 Å². The summed E-state index contributed by atoms with van der Waals surface area (Å²) in [5, 5.41) is 3.44. The lowest BCUT2D eigenvalue weighted by Gasteiger charge is -2.34. The van der Waals surface area contributed by atoms with Gasteiger partial charge in [-0.2, -0.15) is 0 Å². The third-order valence-corrected chi connectivity index (χ3v) is 6.06. The van der Waals surface area contributed by atoms with E-state index in [-0.39, 0.29) is 24.0 Å². The van der Waals surface area contributed by atoms with E-state index in [2.05, 4.69) is 17.1 Å². The molecule has 1 unspecified atom stereocenters. The standard InChI is InChI=1S/C24H39N3O5.HI/c1-5-25-24(27-12-9-18(10-13-27)32-17-19-7-6-14-31-19)26-11-8-21-22(29-3)15-20(28-2)16-23(21)30-4;/h15-16,18-19H,5-14,17H2,1-4H3,(H,25,26);1H. The number of hydrogen-bond donors (Lipinski definition) is 1. The number of halogens is 1. The van der Waals surface area contributed by atoms with Crippen molar-refractivity contribution in [1.82, 2.24) is 10.2 Å². The van der Waals surface area contributed by atoms with Gasteiger partial charge >= 0.3 is 0 Å². The molecule has 0 saturated carbocycles. The van der Waals surface area contributed by atoms with E-state index < -0.39 is 0 Å². The van der Waals surface area contributed by atoms with Crippen LogP contribution in [0, 0.1) is 0 Å². The first-order chi connectivity index (χ1) is 15.7. The lowest BCUT2D eigenvalue weighted by atomic mass is 10.1. The Morgan fingerprint density at radius 2 is 1.79 bits per heavy atom. The lowest BCUT2D eigenvalue weighted by Crippen LogP contribution is -2.47. The minimum absolute atomic E-state index is 0. The van der Waals surface area contributed by atoms with Gasteiger partial charge in [-0.05, 0) is 39.0 Å². The van der Waals surface area contributed by atoms with Gasteiger partial charge in [0.2, 0.25) is 0 Å². The van der Waals surface area contributed by atoms with Gasteiger partial charge in [-0.15, -0.1) is 24.0 Å². The van der Waals surface area contributed by atoms with Crippen molar-refractivity contribution in [3.8, 4) is 17.2 Å². The highest BCUT2D eigenvalue weighted by molar-refractivity contribution is 14.0. The molecule has 3 rings (SSSR count). The average Bonchev–Trinajstić information content (AvgIpc) is 3.36. The zero-order chi connectivity index (χ0) is 22.8. The molecule has 0 aliphatic carbocycles. The molecule has 2 saturated heterocycles. The number of ether oxygens (including phenoxy) is 5. The third-order valence-electron chi connectivity index (χ3n) is 6.06. The highest BCUT2D eigenvalue weighted by Crippen LogP contribution is 2.34. The largest absolute Gasteiger partial charge is 0.496 e. The van der Waals surface area contributed by atoms with Gasteiger partial charge < -0.3 is 33.9 Å². The van der Waals surface area contributed by atoms with Crippen LogP contribution in [0.15, 0.2) is 17.1 Å². The first-order valence-corrected chi connectivity index (χ1v) is 11.7. The Labute approximate surface area is 215 Å². The molecule has 1 atom stereocenters. The smallest absolute Gasteiger partial charge is 0.193 e. The minimum atomic E-state index is 0. The Balaban J connectivity index is 0.00000385. The molecule has 0 amide bonds. The number of nitrogens with one attached hydrogen (secondary N) is 1. The van der Waals surface area contributed by atoms with Crippen molar-refractivity contribution < 1.29 is 23.7 Å². The molecule has 2 aliphatic rings. The maximum Gasteiger partial charge on any atom is 0.193 e. The fraction of sp³-hybridized carbons (Fsp3) is 0.708. The molecule has 2 fully saturated rings. The molecule has 8 nitrogen and oxygen atoms in total. The summed E-state index contributed by atoms with van der Waals surface area (Å²) in [5.41, 5.74) is 0.997. The predicted octanol–water partition coefficient (Wildman–Crippen LogP) is 3.50. The maximum atomic E-state index is 6.11. The van der Waals surface area contributed by atoms with E-state index in [1.807, 2.05) is 12.1 Å². The van der Waals surface area contributed by atoms with Crippen molar-refractivity contribution in [3.63, 3.8) is 0 Å². The topological polar surface area (TPSA) is 73.8 Å². The van der Waals surface area contributed by atoms with Crippen LogP contribution in [0.5, 0.6) is 17.2 Å². The number of rotatable bonds is 10. The molecule has 1 N–H and O–H groups in total. The number of hydrogen-bond acceptors (Lipinski definition) is 6. The van der Waals surface area contributed by atoms with Crippen molar-refractivity contribution in [2.24, 2.45) is 4.99 Å². The van der Waals surface area contributed by atoms with Gasteiger partial charge in [-0.25, -0.2) is 0 Å². The van der Waals surface area contributed by atoms with Crippen LogP contribution in [0.2, 0.25) is 0 Å². The molecule has 2 aliphatic heterocycles. The monoisotopic (exact) mass is 577 g/mol. The first kappa shape index (κ1) is 27.8. The van der Waals surface area contributed by atoms with Gasteiger partial charge in [0.05, 0.1) is 40.1 Å². The van der Waals surface area contributed by atoms with Crippen molar-refractivity contribution in [3.05, 3.63) is 17.7 Å². The lowest BCUT2D eigenvalue weighted by molar-refractivity contribution is -0.0367. The van der Waals surface area contributed by atoms with E-state index in [0.29, 0.717) is 30.9 Å². The Kier molecular flexibility index (Phi) is 12.4. The van der Waals surface area contributed by atoms with E-state index in [9.17, 15) is 0 Å². The van der Waals surface area contributed by atoms with Crippen molar-refractivity contribution in [2.45, 2.75) is 51.2 Å². The summed E-state index contributed by atoms with van der Waals surface area (Å²) in [4.78, 5) is 7.22. The maximum absolute atomic E-state index is 6.11. The summed E-state index contributed by atoms with van der Waals surface area (Å²) in [6.07, 6.45) is 5.62. The fourth-order valence-electron chi connectivity index (χ4n) is 4.28. The third kappa shape index (κ3) is 8.06. The Morgan fingerprint density at radius 3 is 2.33 bits per heavy atom. The van der Waals surface area contributed by atoms with Crippen LogP contribution in [0.3, 0.4) is 0 Å². The Hall–Kier alpha value is -1.46. The van der Waals surface area contributed by atoms with Crippen LogP contribution >= 0.6 is 24.0 Å². The molecular weight excluding hydrogens is 537 g/mol. The van der Waals surface area contributed by atoms with Crippen LogP contribution in [0.25, 0.3) is 0 Å². The van der Waals surface area contributed by atoms with E-state index in [1.54, 1.807) is 21.3 Å². The summed E-state index contributed by atoms with van der Waals surface area (Å²) in [6.45, 7) is 7.06. The number of likely N-dealkylation sites (tertiary alicyclic amines) is 1. The van der Waals surface area contributed by atoms with Crippen LogP contribution < -0.4 is 19.5 Å². The predicted molar refractivity (Wildman–Crippen MR) is 141 cm³/mol. The number of guanidine groups is 1. The van der Waals surface area contributed by atoms with Crippen molar-refractivity contribution >= 4 is 29.9 Å². The molecule has 2 heterocycles. The van der Waals surface area contributed by atoms with Gasteiger partial charge in [0.15, 0.2) is 5.96 Å². The normalized spacial score (nSPS) is 19.2. The quantitative estimate of drug-likeness (QED) is 0.259. The molecule has 0 bridgehead atoms. The second-order valence-electron chi connectivity index (χ2n) is 8.15. The molecule has 1 aromatic carbocycles. The number of methoxy groups -OCH3 is 3. The molecule has 33 heavy (non-hydrogen) atoms. The fourth-order valence-corrected chi connectivity index (χ4v) is 4.28. The average molecular weight is 578 g/mol. The summed E-state index contributed by atoms with van der Waals surface area (Å²) in [7, 11) is 4.96. The summed E-state index contributed by atoms with van der Waals surface area (Å²) < 4.78 is 28.3. The van der Waals surface area contributed by atoms with Crippen molar-refractivity contribution in [2.75, 3.05) is 60.7 Å². The van der Waals surface area contributed by atoms with Gasteiger partial charge in [-0.3, -0.25) is 4.99 Å². The number of aliphatic imine (C=N–C) groups is 1. The van der Waals surface area contributed by atoms with Gasteiger partial charge in [-0.1, -0.05) is 0 Å². The van der Waals surface area contributed by atoms with E-state index in [4.69, 9.17) is 28.7 Å². The molecule has 9 heteroatoms. The van der Waals surface area contributed by atoms with Gasteiger partial charge in [0.1, 0.15) is 17.2 Å². The number of benzene rings is 1. The SMILES string of the molecule is CCNC(=NCCc1c(OC)cc(OC)cc1OC)N1CCC(OCC2CCCO2)CC1.I. The van der Waals surface area contributed by atoms with Gasteiger partial charge in [0.25, 0.3) is 0 Å². The van der Waals surface area contributed by atoms with E-state index in [0.717, 1.165) is 81.6 Å². The highest BCUT2D eigenvalue weighted by atomic mass is 127. The number of nitrogens with zero attached hydrogens (tertiary/aromatic N) is 2. The molecule has 0 radical (unpaired) electrons. The zero-order valence-corrected chi connectivity index (χ0v) is 22.8. The van der Waals surface area contributed by atoms with E-state index in [1.165, 1.54) is 0 Å². The van der Waals surface area contributed by atoms with Crippen molar-refractivity contribution in [1.29, 1.82) is 0 Å². The molecular formula is C24H40IN3O5. The zero-order valence-electron chi connectivity index (χ0n) is 20.4. The molecule has 0 aromatic heterocycles. The van der Waals surface area contributed by atoms with Crippen LogP contribution in [-0.4, -0.2) is 83.8 Å². The van der Waals surface area contributed by atoms with Crippen LogP contribution in [-0.2, 0) is 15.9 Å². The van der Waals surface area contributed by atoms with Crippen LogP contribution in [0.1, 0.15) is 38.2 Å². The Morgan fingerprint density at radius 1 is 1.09 bits per heavy atom. The second-order valence-corrected chi connectivity index (χ2v) is 8.15. The highest BCUT2D eigenvalue weighted by Gasteiger charge is 2.24. The molecule has 1 aromatic rings. The summed E-state index contributed by atoms with van der Waals surface area (Å²) in [6, 6.07) is 3.77. The summed E-state index contributed by atoms with van der Waals surface area (Å²) in [5.74, 6) is 3.18. The summed E-state index contributed by atoms with van der Waals surface area (Å²) >= 11 is 0. The first-order valence-electron chi connectivity index (χ1n) is 11.7. The number of piperidine rings is 1. The van der Waals surface area contributed by atoms with E-state index >= 15 is 0 Å².